The predicted molar refractivity (Wildman–Crippen MR) is 100 cm³/mol. The Morgan fingerprint density at radius 3 is 2.54 bits per heavy atom. The molecule has 0 spiro atoms. The van der Waals surface area contributed by atoms with Gasteiger partial charge in [-0.05, 0) is 34.6 Å². The van der Waals surface area contributed by atoms with Crippen molar-refractivity contribution < 1.29 is 17.4 Å². The first kappa shape index (κ1) is 18.9. The van der Waals surface area contributed by atoms with Crippen molar-refractivity contribution in [1.82, 2.24) is 24.2 Å². The Morgan fingerprint density at radius 2 is 1.96 bits per heavy atom. The molecule has 0 saturated carbocycles. The molecule has 9 nitrogen and oxygen atoms in total. The molecule has 0 fully saturated rings. The van der Waals surface area contributed by atoms with Gasteiger partial charge >= 0.3 is 0 Å². The second kappa shape index (κ2) is 6.56. The predicted octanol–water partition coefficient (Wildman–Crippen LogP) is 2.78. The van der Waals surface area contributed by atoms with Crippen LogP contribution in [0.5, 0.6) is 0 Å². The van der Waals surface area contributed by atoms with Crippen LogP contribution in [-0.2, 0) is 23.0 Å². The number of oxazole rings is 1. The fourth-order valence-corrected chi connectivity index (χ4v) is 5.36. The van der Waals surface area contributed by atoms with Crippen LogP contribution < -0.4 is 0 Å². The molecule has 0 bridgehead atoms. The molecule has 10 heteroatoms. The maximum atomic E-state index is 13.3. The van der Waals surface area contributed by atoms with E-state index in [1.165, 1.54) is 4.31 Å². The van der Waals surface area contributed by atoms with Crippen LogP contribution in [0.3, 0.4) is 0 Å². The molecule has 0 aliphatic carbocycles. The van der Waals surface area contributed by atoms with E-state index in [0.717, 1.165) is 11.3 Å². The molecular weight excluding hydrogens is 382 g/mol. The molecule has 150 valence electrons. The van der Waals surface area contributed by atoms with Crippen LogP contribution in [0.4, 0.5) is 0 Å². The van der Waals surface area contributed by atoms with Gasteiger partial charge in [0.05, 0.1) is 6.20 Å². The molecular formula is C18H23N5O4S. The zero-order valence-electron chi connectivity index (χ0n) is 16.6. The summed E-state index contributed by atoms with van der Waals surface area (Å²) >= 11 is 0. The standard InChI is InChI=1S/C18H23N5O4S/c1-10(2)23-15-6-7-22(28(24,25)17-12(4)21-27-13(17)5)9-14(15)16(20-23)18-19-8-11(3)26-18/h8,10H,6-7,9H2,1-5H3. The minimum atomic E-state index is -3.74. The first-order valence-electron chi connectivity index (χ1n) is 9.16. The molecule has 4 rings (SSSR count). The maximum Gasteiger partial charge on any atom is 0.248 e. The molecule has 0 amide bonds. The van der Waals surface area contributed by atoms with Crippen molar-refractivity contribution >= 4 is 10.0 Å². The van der Waals surface area contributed by atoms with E-state index in [1.807, 2.05) is 25.5 Å². The van der Waals surface area contributed by atoms with Crippen molar-refractivity contribution in [3.63, 3.8) is 0 Å². The zero-order valence-corrected chi connectivity index (χ0v) is 17.4. The van der Waals surface area contributed by atoms with Crippen molar-refractivity contribution in [3.8, 4) is 11.6 Å². The summed E-state index contributed by atoms with van der Waals surface area (Å²) < 4.78 is 40.6. The summed E-state index contributed by atoms with van der Waals surface area (Å²) in [4.78, 5) is 4.44. The molecule has 3 aromatic heterocycles. The van der Waals surface area contributed by atoms with Crippen LogP contribution in [0.25, 0.3) is 11.6 Å². The SMILES string of the molecule is Cc1cnc(-c2nn(C(C)C)c3c2CN(S(=O)(=O)c2c(C)noc2C)CC3)o1. The van der Waals surface area contributed by atoms with E-state index in [-0.39, 0.29) is 17.5 Å². The van der Waals surface area contributed by atoms with Crippen molar-refractivity contribution in [1.29, 1.82) is 0 Å². The van der Waals surface area contributed by atoms with Gasteiger partial charge in [-0.2, -0.15) is 9.40 Å². The molecule has 1 aliphatic rings. The van der Waals surface area contributed by atoms with Gasteiger partial charge in [-0.3, -0.25) is 4.68 Å². The third kappa shape index (κ3) is 2.87. The van der Waals surface area contributed by atoms with E-state index < -0.39 is 10.0 Å². The van der Waals surface area contributed by atoms with E-state index in [0.29, 0.717) is 41.8 Å². The number of nitrogens with zero attached hydrogens (tertiary/aromatic N) is 5. The average molecular weight is 405 g/mol. The van der Waals surface area contributed by atoms with Gasteiger partial charge in [-0.25, -0.2) is 13.4 Å². The van der Waals surface area contributed by atoms with Crippen LogP contribution in [-0.4, -0.2) is 39.2 Å². The molecule has 28 heavy (non-hydrogen) atoms. The Bertz CT molecular complexity index is 1120. The highest BCUT2D eigenvalue weighted by Crippen LogP contribution is 2.34. The van der Waals surface area contributed by atoms with Gasteiger partial charge < -0.3 is 8.94 Å². The first-order valence-corrected chi connectivity index (χ1v) is 10.6. The number of rotatable bonds is 4. The van der Waals surface area contributed by atoms with Crippen LogP contribution in [0.15, 0.2) is 20.0 Å². The second-order valence-electron chi connectivity index (χ2n) is 7.33. The third-order valence-corrected chi connectivity index (χ3v) is 7.02. The van der Waals surface area contributed by atoms with Crippen LogP contribution >= 0.6 is 0 Å². The van der Waals surface area contributed by atoms with E-state index in [4.69, 9.17) is 14.0 Å². The Kier molecular flexibility index (Phi) is 4.42. The number of aryl methyl sites for hydroxylation is 3. The van der Waals surface area contributed by atoms with Crippen molar-refractivity contribution in [2.75, 3.05) is 6.54 Å². The molecule has 0 radical (unpaired) electrons. The monoisotopic (exact) mass is 405 g/mol. The Morgan fingerprint density at radius 1 is 1.21 bits per heavy atom. The van der Waals surface area contributed by atoms with Gasteiger partial charge in [0, 0.05) is 36.8 Å². The summed E-state index contributed by atoms with van der Waals surface area (Å²) in [7, 11) is -3.74. The lowest BCUT2D eigenvalue weighted by Crippen LogP contribution is -2.37. The molecule has 0 aromatic carbocycles. The topological polar surface area (TPSA) is 107 Å². The van der Waals surface area contributed by atoms with Crippen molar-refractivity contribution in [2.45, 2.75) is 58.5 Å². The summed E-state index contributed by atoms with van der Waals surface area (Å²) in [6, 6.07) is 0.143. The molecule has 1 aliphatic heterocycles. The highest BCUT2D eigenvalue weighted by Gasteiger charge is 2.36. The number of sulfonamides is 1. The molecule has 3 aromatic rings. The van der Waals surface area contributed by atoms with Gasteiger partial charge in [-0.1, -0.05) is 5.16 Å². The first-order chi connectivity index (χ1) is 13.2. The van der Waals surface area contributed by atoms with Crippen molar-refractivity contribution in [3.05, 3.63) is 34.7 Å². The summed E-state index contributed by atoms with van der Waals surface area (Å²) in [5.74, 6) is 1.38. The summed E-state index contributed by atoms with van der Waals surface area (Å²) in [5, 5.41) is 8.49. The van der Waals surface area contributed by atoms with Crippen LogP contribution in [0, 0.1) is 20.8 Å². The third-order valence-electron chi connectivity index (χ3n) is 4.93. The van der Waals surface area contributed by atoms with E-state index in [9.17, 15) is 8.42 Å². The molecule has 0 saturated heterocycles. The highest BCUT2D eigenvalue weighted by atomic mass is 32.2. The Balaban J connectivity index is 1.80. The van der Waals surface area contributed by atoms with Crippen LogP contribution in [0.2, 0.25) is 0 Å². The quantitative estimate of drug-likeness (QED) is 0.657. The lowest BCUT2D eigenvalue weighted by Gasteiger charge is -2.27. The number of aromatic nitrogens is 4. The average Bonchev–Trinajstić information content (AvgIpc) is 3.31. The summed E-state index contributed by atoms with van der Waals surface area (Å²) in [6.45, 7) is 9.72. The summed E-state index contributed by atoms with van der Waals surface area (Å²) in [6.07, 6.45) is 2.19. The Hall–Kier alpha value is -2.46. The minimum Gasteiger partial charge on any atom is -0.440 e. The van der Waals surface area contributed by atoms with E-state index >= 15 is 0 Å². The lowest BCUT2D eigenvalue weighted by molar-refractivity contribution is 0.374. The smallest absolute Gasteiger partial charge is 0.248 e. The zero-order chi connectivity index (χ0) is 20.2. The molecule has 0 N–H and O–H groups in total. The minimum absolute atomic E-state index is 0.140. The van der Waals surface area contributed by atoms with Gasteiger partial charge in [0.1, 0.15) is 16.3 Å². The molecule has 4 heterocycles. The second-order valence-corrected chi connectivity index (χ2v) is 9.20. The van der Waals surface area contributed by atoms with Gasteiger partial charge in [0.15, 0.2) is 11.5 Å². The fourth-order valence-electron chi connectivity index (χ4n) is 3.66. The lowest BCUT2D eigenvalue weighted by atomic mass is 10.1. The molecule has 0 unspecified atom stereocenters. The number of hydrogen-bond donors (Lipinski definition) is 0. The number of fused-ring (bicyclic) bond motifs is 1. The van der Waals surface area contributed by atoms with Gasteiger partial charge in [0.2, 0.25) is 15.9 Å². The van der Waals surface area contributed by atoms with E-state index in [1.54, 1.807) is 20.0 Å². The van der Waals surface area contributed by atoms with Crippen molar-refractivity contribution in [2.24, 2.45) is 0 Å². The van der Waals surface area contributed by atoms with Gasteiger partial charge in [0.25, 0.3) is 0 Å². The maximum absolute atomic E-state index is 13.3. The Labute approximate surface area is 163 Å². The molecule has 0 atom stereocenters. The highest BCUT2D eigenvalue weighted by molar-refractivity contribution is 7.89. The largest absolute Gasteiger partial charge is 0.440 e. The fraction of sp³-hybridized carbons (Fsp3) is 0.500. The van der Waals surface area contributed by atoms with Gasteiger partial charge in [-0.15, -0.1) is 0 Å². The van der Waals surface area contributed by atoms with Crippen LogP contribution in [0.1, 0.15) is 48.4 Å². The normalized spacial score (nSPS) is 15.4. The van der Waals surface area contributed by atoms with E-state index in [2.05, 4.69) is 10.1 Å². The number of hydrogen-bond acceptors (Lipinski definition) is 7. The summed E-state index contributed by atoms with van der Waals surface area (Å²) in [5.41, 5.74) is 2.81.